The van der Waals surface area contributed by atoms with Gasteiger partial charge in [0, 0.05) is 13.0 Å². The molecular formula is C27H37F5N4O6. The molecule has 0 saturated heterocycles. The molecule has 10 nitrogen and oxygen atoms in total. The first-order valence-electron chi connectivity index (χ1n) is 13.2. The minimum atomic E-state index is -4.58. The number of aliphatic carboxylic acids is 1. The third kappa shape index (κ3) is 12.0. The average Bonchev–Trinajstić information content (AvgIpc) is 2.87. The number of carbonyl (C=O) groups excluding carboxylic acids is 4. The SMILES string of the molecule is CCC(C)[C@H](NC(=O)NCc1cc(C)cc(C(F)(F)F)c1)C(=O)N[C@@H](CC(C)C)C(=O)NC(CC(F)F)C(=O)C(=O)O. The highest BCUT2D eigenvalue weighted by Crippen LogP contribution is 2.30. The lowest BCUT2D eigenvalue weighted by Crippen LogP contribution is -2.58. The standard InChI is InChI=1S/C27H37F5N4O6/c1-6-15(5)21(36-26(42)33-12-16-8-14(4)9-17(10-16)27(30,31)32)24(39)35-19(7-13(2)3)23(38)34-18(11-20(28)29)22(37)25(40)41/h8-10,13,15,18-21H,6-7,11-12H2,1-5H3,(H,34,38)(H,35,39)(H,40,41)(H2,33,36,42)/t15?,18?,19-,21-/m0/s1. The summed E-state index contributed by atoms with van der Waals surface area (Å²) in [5.74, 6) is -6.27. The number of carboxylic acids is 1. The molecule has 0 aliphatic rings. The van der Waals surface area contributed by atoms with Crippen LogP contribution in [0.5, 0.6) is 0 Å². The number of ketones is 1. The van der Waals surface area contributed by atoms with Gasteiger partial charge >= 0.3 is 18.2 Å². The van der Waals surface area contributed by atoms with Crippen molar-refractivity contribution in [2.24, 2.45) is 11.8 Å². The van der Waals surface area contributed by atoms with E-state index in [0.29, 0.717) is 12.0 Å². The Morgan fingerprint density at radius 3 is 1.98 bits per heavy atom. The van der Waals surface area contributed by atoms with Gasteiger partial charge in [0.1, 0.15) is 18.1 Å². The molecule has 1 aromatic rings. The van der Waals surface area contributed by atoms with Crippen molar-refractivity contribution in [1.29, 1.82) is 0 Å². The number of benzene rings is 1. The summed E-state index contributed by atoms with van der Waals surface area (Å²) in [7, 11) is 0. The maximum Gasteiger partial charge on any atom is 0.416 e. The maximum absolute atomic E-state index is 13.2. The molecule has 2 unspecified atom stereocenters. The lowest BCUT2D eigenvalue weighted by atomic mass is 9.96. The van der Waals surface area contributed by atoms with E-state index in [2.05, 4.69) is 16.0 Å². The molecule has 5 N–H and O–H groups in total. The molecule has 0 radical (unpaired) electrons. The van der Waals surface area contributed by atoms with Crippen LogP contribution < -0.4 is 21.3 Å². The normalized spacial score (nSPS) is 14.5. The van der Waals surface area contributed by atoms with Crippen molar-refractivity contribution in [3.63, 3.8) is 0 Å². The van der Waals surface area contributed by atoms with Gasteiger partial charge in [-0.05, 0) is 42.9 Å². The number of amides is 4. The Balaban J connectivity index is 3.06. The Labute approximate surface area is 240 Å². The van der Waals surface area contributed by atoms with Gasteiger partial charge in [0.25, 0.3) is 5.78 Å². The fourth-order valence-electron chi connectivity index (χ4n) is 4.00. The average molecular weight is 609 g/mol. The first kappa shape index (κ1) is 36.2. The first-order chi connectivity index (χ1) is 19.3. The quantitative estimate of drug-likeness (QED) is 0.152. The molecule has 4 atom stereocenters. The predicted molar refractivity (Wildman–Crippen MR) is 141 cm³/mol. The zero-order valence-corrected chi connectivity index (χ0v) is 23.9. The molecule has 4 amide bonds. The number of hydrogen-bond acceptors (Lipinski definition) is 5. The Morgan fingerprint density at radius 1 is 0.881 bits per heavy atom. The number of aryl methyl sites for hydroxylation is 1. The van der Waals surface area contributed by atoms with Gasteiger partial charge in [0.05, 0.1) is 5.56 Å². The van der Waals surface area contributed by atoms with Crippen molar-refractivity contribution >= 4 is 29.6 Å². The van der Waals surface area contributed by atoms with E-state index < -0.39 is 78.2 Å². The highest BCUT2D eigenvalue weighted by Gasteiger charge is 2.35. The zero-order valence-electron chi connectivity index (χ0n) is 23.9. The van der Waals surface area contributed by atoms with E-state index in [-0.39, 0.29) is 24.4 Å². The van der Waals surface area contributed by atoms with Gasteiger partial charge in [0.2, 0.25) is 18.2 Å². The van der Waals surface area contributed by atoms with Crippen molar-refractivity contribution in [2.45, 2.75) is 91.2 Å². The minimum Gasteiger partial charge on any atom is -0.475 e. The lowest BCUT2D eigenvalue weighted by molar-refractivity contribution is -0.151. The zero-order chi connectivity index (χ0) is 32.4. The molecule has 0 spiro atoms. The number of urea groups is 1. The summed E-state index contributed by atoms with van der Waals surface area (Å²) >= 11 is 0. The second kappa shape index (κ2) is 16.0. The molecule has 1 aromatic carbocycles. The molecule has 15 heteroatoms. The highest BCUT2D eigenvalue weighted by molar-refractivity contribution is 6.35. The van der Waals surface area contributed by atoms with E-state index in [1.165, 1.54) is 13.0 Å². The number of nitrogens with one attached hydrogen (secondary N) is 4. The van der Waals surface area contributed by atoms with Gasteiger partial charge in [-0.15, -0.1) is 0 Å². The summed E-state index contributed by atoms with van der Waals surface area (Å²) in [5.41, 5.74) is -0.383. The van der Waals surface area contributed by atoms with Crippen LogP contribution in [0, 0.1) is 18.8 Å². The molecule has 0 heterocycles. The van der Waals surface area contributed by atoms with Gasteiger partial charge in [-0.2, -0.15) is 13.2 Å². The van der Waals surface area contributed by atoms with Gasteiger partial charge in [-0.3, -0.25) is 14.4 Å². The van der Waals surface area contributed by atoms with Gasteiger partial charge in [0.15, 0.2) is 0 Å². The van der Waals surface area contributed by atoms with Crippen LogP contribution in [0.4, 0.5) is 26.7 Å². The number of rotatable bonds is 15. The third-order valence-electron chi connectivity index (χ3n) is 6.30. The molecular weight excluding hydrogens is 571 g/mol. The fourth-order valence-corrected chi connectivity index (χ4v) is 4.00. The van der Waals surface area contributed by atoms with Crippen LogP contribution in [0.3, 0.4) is 0 Å². The highest BCUT2D eigenvalue weighted by atomic mass is 19.4. The van der Waals surface area contributed by atoms with Crippen molar-refractivity contribution in [1.82, 2.24) is 21.3 Å². The maximum atomic E-state index is 13.2. The van der Waals surface area contributed by atoms with Crippen LogP contribution in [0.25, 0.3) is 0 Å². The van der Waals surface area contributed by atoms with E-state index >= 15 is 0 Å². The number of carbonyl (C=O) groups is 5. The Kier molecular flexibility index (Phi) is 13.8. The van der Waals surface area contributed by atoms with Gasteiger partial charge < -0.3 is 26.4 Å². The van der Waals surface area contributed by atoms with Crippen LogP contribution in [0.2, 0.25) is 0 Å². The van der Waals surface area contributed by atoms with Crippen LogP contribution in [0.1, 0.15) is 63.6 Å². The van der Waals surface area contributed by atoms with Crippen molar-refractivity contribution < 1.29 is 51.0 Å². The molecule has 0 aliphatic carbocycles. The van der Waals surface area contributed by atoms with Crippen molar-refractivity contribution in [3.8, 4) is 0 Å². The molecule has 42 heavy (non-hydrogen) atoms. The molecule has 0 aliphatic heterocycles. The Bertz CT molecular complexity index is 1130. The summed E-state index contributed by atoms with van der Waals surface area (Å²) in [4.78, 5) is 61.6. The molecule has 1 rings (SSSR count). The predicted octanol–water partition coefficient (Wildman–Crippen LogP) is 3.55. The molecule has 236 valence electrons. The van der Waals surface area contributed by atoms with Crippen LogP contribution in [0.15, 0.2) is 18.2 Å². The summed E-state index contributed by atoms with van der Waals surface area (Å²) in [6.45, 7) is 7.92. The van der Waals surface area contributed by atoms with Crippen LogP contribution >= 0.6 is 0 Å². The third-order valence-corrected chi connectivity index (χ3v) is 6.30. The number of Topliss-reactive ketones (excluding diaryl/α,β-unsaturated/α-hetero) is 1. The van der Waals surface area contributed by atoms with Crippen LogP contribution in [-0.2, 0) is 31.9 Å². The van der Waals surface area contributed by atoms with E-state index in [9.17, 15) is 45.9 Å². The van der Waals surface area contributed by atoms with E-state index in [4.69, 9.17) is 5.11 Å². The lowest BCUT2D eigenvalue weighted by Gasteiger charge is -2.28. The molecule has 0 saturated carbocycles. The number of hydrogen-bond donors (Lipinski definition) is 5. The summed E-state index contributed by atoms with van der Waals surface area (Å²) in [6.07, 6.45) is -8.57. The van der Waals surface area contributed by atoms with E-state index in [0.717, 1.165) is 12.1 Å². The molecule has 0 aromatic heterocycles. The molecule has 0 bridgehead atoms. The largest absolute Gasteiger partial charge is 0.475 e. The van der Waals surface area contributed by atoms with E-state index in [1.54, 1.807) is 27.7 Å². The Morgan fingerprint density at radius 2 is 1.48 bits per heavy atom. The second-order valence-corrected chi connectivity index (χ2v) is 10.4. The van der Waals surface area contributed by atoms with E-state index in [1.807, 2.05) is 5.32 Å². The van der Waals surface area contributed by atoms with Crippen molar-refractivity contribution in [3.05, 3.63) is 34.9 Å². The van der Waals surface area contributed by atoms with Crippen molar-refractivity contribution in [2.75, 3.05) is 0 Å². The second-order valence-electron chi connectivity index (χ2n) is 10.4. The number of carboxylic acid groups (broad SMARTS) is 1. The fraction of sp³-hybridized carbons (Fsp3) is 0.593. The van der Waals surface area contributed by atoms with Crippen LogP contribution in [-0.4, -0.2) is 59.3 Å². The minimum absolute atomic E-state index is 0.0193. The topological polar surface area (TPSA) is 154 Å². The number of halogens is 5. The number of alkyl halides is 5. The van der Waals surface area contributed by atoms with Gasteiger partial charge in [-0.1, -0.05) is 45.7 Å². The molecule has 0 fully saturated rings. The Hall–Kier alpha value is -3.78. The summed E-state index contributed by atoms with van der Waals surface area (Å²) in [5, 5.41) is 18.2. The monoisotopic (exact) mass is 608 g/mol. The smallest absolute Gasteiger partial charge is 0.416 e. The summed E-state index contributed by atoms with van der Waals surface area (Å²) in [6, 6.07) is -2.20. The first-order valence-corrected chi connectivity index (χ1v) is 13.2. The van der Waals surface area contributed by atoms with Gasteiger partial charge in [-0.25, -0.2) is 18.4 Å². The summed E-state index contributed by atoms with van der Waals surface area (Å²) < 4.78 is 65.3.